The maximum Gasteiger partial charge on any atom is 0.183 e. The highest BCUT2D eigenvalue weighted by atomic mass is 35.5. The van der Waals surface area contributed by atoms with Gasteiger partial charge in [0.1, 0.15) is 6.10 Å². The summed E-state index contributed by atoms with van der Waals surface area (Å²) in [7, 11) is 0. The minimum absolute atomic E-state index is 0.0238. The Bertz CT molecular complexity index is 548. The van der Waals surface area contributed by atoms with Gasteiger partial charge in [-0.05, 0) is 36.8 Å². The summed E-state index contributed by atoms with van der Waals surface area (Å²) in [4.78, 5) is 3.93. The predicted octanol–water partition coefficient (Wildman–Crippen LogP) is 3.34. The van der Waals surface area contributed by atoms with Crippen LogP contribution in [0, 0.1) is 5.82 Å². The van der Waals surface area contributed by atoms with E-state index in [9.17, 15) is 4.39 Å². The quantitative estimate of drug-likeness (QED) is 0.934. The summed E-state index contributed by atoms with van der Waals surface area (Å²) in [5.74, 6) is -0.490. The Hall–Kier alpha value is -1.65. The number of ether oxygens (including phenoxy) is 1. The molecule has 1 aromatic carbocycles. The zero-order valence-electron chi connectivity index (χ0n) is 10.4. The van der Waals surface area contributed by atoms with E-state index in [0.29, 0.717) is 0 Å². The molecule has 5 heteroatoms. The highest BCUT2D eigenvalue weighted by molar-refractivity contribution is 6.30. The lowest BCUT2D eigenvalue weighted by Gasteiger charge is -2.23. The van der Waals surface area contributed by atoms with Crippen LogP contribution in [0.4, 0.5) is 4.39 Å². The lowest BCUT2D eigenvalue weighted by molar-refractivity contribution is 0.172. The van der Waals surface area contributed by atoms with Crippen LogP contribution < -0.4 is 10.5 Å². The molecule has 0 saturated heterocycles. The van der Waals surface area contributed by atoms with Crippen molar-refractivity contribution in [1.82, 2.24) is 4.98 Å². The van der Waals surface area contributed by atoms with Crippen LogP contribution in [0.5, 0.6) is 5.75 Å². The third-order valence-electron chi connectivity index (χ3n) is 2.68. The van der Waals surface area contributed by atoms with E-state index in [2.05, 4.69) is 4.98 Å². The third-order valence-corrected chi connectivity index (χ3v) is 2.97. The van der Waals surface area contributed by atoms with Crippen molar-refractivity contribution in [1.29, 1.82) is 0 Å². The van der Waals surface area contributed by atoms with Gasteiger partial charge >= 0.3 is 0 Å². The molecule has 19 heavy (non-hydrogen) atoms. The second-order valence-corrected chi connectivity index (χ2v) is 4.64. The molecule has 2 unspecified atom stereocenters. The van der Waals surface area contributed by atoms with Crippen LogP contribution in [0.3, 0.4) is 0 Å². The molecule has 0 radical (unpaired) electrons. The molecule has 1 aromatic heterocycles. The first-order chi connectivity index (χ1) is 9.09. The van der Waals surface area contributed by atoms with E-state index in [0.717, 1.165) is 5.56 Å². The van der Waals surface area contributed by atoms with Gasteiger partial charge in [0.15, 0.2) is 11.6 Å². The molecular weight excluding hydrogens is 267 g/mol. The molecule has 0 spiro atoms. The van der Waals surface area contributed by atoms with Gasteiger partial charge in [-0.25, -0.2) is 4.39 Å². The van der Waals surface area contributed by atoms with Crippen molar-refractivity contribution < 1.29 is 9.13 Å². The van der Waals surface area contributed by atoms with Gasteiger partial charge in [-0.1, -0.05) is 17.7 Å². The van der Waals surface area contributed by atoms with Crippen LogP contribution in [0.25, 0.3) is 0 Å². The average molecular weight is 281 g/mol. The van der Waals surface area contributed by atoms with Crippen LogP contribution in [-0.2, 0) is 0 Å². The van der Waals surface area contributed by atoms with Crippen molar-refractivity contribution >= 4 is 11.6 Å². The molecule has 2 aromatic rings. The molecule has 2 N–H and O–H groups in total. The Morgan fingerprint density at radius 2 is 1.95 bits per heavy atom. The lowest BCUT2D eigenvalue weighted by atomic mass is 10.1. The molecule has 2 rings (SSSR count). The Morgan fingerprint density at radius 3 is 2.58 bits per heavy atom. The number of hydrogen-bond donors (Lipinski definition) is 1. The smallest absolute Gasteiger partial charge is 0.183 e. The van der Waals surface area contributed by atoms with Gasteiger partial charge < -0.3 is 10.5 Å². The highest BCUT2D eigenvalue weighted by Gasteiger charge is 2.20. The summed E-state index contributed by atoms with van der Waals surface area (Å²) in [6.45, 7) is 1.80. The number of hydrogen-bond acceptors (Lipinski definition) is 3. The molecule has 0 amide bonds. The van der Waals surface area contributed by atoms with E-state index in [-0.39, 0.29) is 16.8 Å². The van der Waals surface area contributed by atoms with Crippen LogP contribution >= 0.6 is 11.6 Å². The van der Waals surface area contributed by atoms with Gasteiger partial charge in [0.05, 0.1) is 5.02 Å². The Labute approximate surface area is 116 Å². The zero-order valence-corrected chi connectivity index (χ0v) is 11.1. The number of aromatic nitrogens is 1. The molecule has 0 saturated carbocycles. The van der Waals surface area contributed by atoms with Crippen molar-refractivity contribution in [2.75, 3.05) is 0 Å². The van der Waals surface area contributed by atoms with E-state index in [1.54, 1.807) is 37.5 Å². The molecule has 1 heterocycles. The monoisotopic (exact) mass is 280 g/mol. The molecule has 0 fully saturated rings. The number of halogens is 2. The van der Waals surface area contributed by atoms with Crippen LogP contribution in [0.1, 0.15) is 18.6 Å². The van der Waals surface area contributed by atoms with Crippen molar-refractivity contribution in [2.45, 2.75) is 19.1 Å². The largest absolute Gasteiger partial charge is 0.481 e. The number of rotatable bonds is 4. The standard InChI is InChI=1S/C14H14ClFN2O/c1-9(17)14(10-5-7-18-8-6-10)19-12-4-2-3-11(15)13(12)16/h2-9,14H,17H2,1H3. The van der Waals surface area contributed by atoms with Crippen molar-refractivity contribution in [3.05, 3.63) is 59.1 Å². The second-order valence-electron chi connectivity index (χ2n) is 4.23. The van der Waals surface area contributed by atoms with Gasteiger partial charge in [0.2, 0.25) is 0 Å². The van der Waals surface area contributed by atoms with E-state index in [1.807, 2.05) is 0 Å². The molecule has 0 aliphatic rings. The fourth-order valence-corrected chi connectivity index (χ4v) is 1.91. The van der Waals surface area contributed by atoms with Crippen molar-refractivity contribution in [2.24, 2.45) is 5.73 Å². The van der Waals surface area contributed by atoms with Crippen LogP contribution in [0.2, 0.25) is 5.02 Å². The molecule has 0 aliphatic heterocycles. The molecule has 2 atom stereocenters. The topological polar surface area (TPSA) is 48.1 Å². The summed E-state index contributed by atoms with van der Waals surface area (Å²) in [6.07, 6.45) is 2.82. The van der Waals surface area contributed by atoms with Crippen LogP contribution in [-0.4, -0.2) is 11.0 Å². The normalized spacial score (nSPS) is 13.9. The maximum absolute atomic E-state index is 13.8. The zero-order chi connectivity index (χ0) is 13.8. The summed E-state index contributed by atoms with van der Waals surface area (Å²) in [6, 6.07) is 7.90. The van der Waals surface area contributed by atoms with Crippen LogP contribution in [0.15, 0.2) is 42.7 Å². The van der Waals surface area contributed by atoms with E-state index in [4.69, 9.17) is 22.1 Å². The summed E-state index contributed by atoms with van der Waals surface area (Å²) < 4.78 is 19.5. The number of pyridine rings is 1. The summed E-state index contributed by atoms with van der Waals surface area (Å²) in [5, 5.41) is 0.0238. The van der Waals surface area contributed by atoms with Gasteiger partial charge in [0.25, 0.3) is 0 Å². The fourth-order valence-electron chi connectivity index (χ4n) is 1.74. The Kier molecular flexibility index (Phi) is 4.35. The Balaban J connectivity index is 2.30. The van der Waals surface area contributed by atoms with E-state index >= 15 is 0 Å². The molecule has 0 aliphatic carbocycles. The fraction of sp³-hybridized carbons (Fsp3) is 0.214. The highest BCUT2D eigenvalue weighted by Crippen LogP contribution is 2.29. The summed E-state index contributed by atoms with van der Waals surface area (Å²) >= 11 is 5.73. The minimum atomic E-state index is -0.580. The molecule has 0 bridgehead atoms. The van der Waals surface area contributed by atoms with Gasteiger partial charge in [-0.2, -0.15) is 0 Å². The third kappa shape index (κ3) is 3.22. The molecular formula is C14H14ClFN2O. The van der Waals surface area contributed by atoms with Gasteiger partial charge in [-0.15, -0.1) is 0 Å². The minimum Gasteiger partial charge on any atom is -0.481 e. The maximum atomic E-state index is 13.8. The van der Waals surface area contributed by atoms with Gasteiger partial charge in [0, 0.05) is 18.4 Å². The first-order valence-electron chi connectivity index (χ1n) is 5.85. The molecule has 100 valence electrons. The predicted molar refractivity (Wildman–Crippen MR) is 72.7 cm³/mol. The first kappa shape index (κ1) is 13.8. The molecule has 3 nitrogen and oxygen atoms in total. The van der Waals surface area contributed by atoms with E-state index in [1.165, 1.54) is 12.1 Å². The number of nitrogens with zero attached hydrogens (tertiary/aromatic N) is 1. The summed E-state index contributed by atoms with van der Waals surface area (Å²) in [5.41, 5.74) is 6.74. The lowest BCUT2D eigenvalue weighted by Crippen LogP contribution is -2.29. The van der Waals surface area contributed by atoms with Gasteiger partial charge in [-0.3, -0.25) is 4.98 Å². The van der Waals surface area contributed by atoms with E-state index < -0.39 is 11.9 Å². The average Bonchev–Trinajstić information content (AvgIpc) is 2.41. The van der Waals surface area contributed by atoms with Crippen molar-refractivity contribution in [3.63, 3.8) is 0 Å². The van der Waals surface area contributed by atoms with Crippen molar-refractivity contribution in [3.8, 4) is 5.75 Å². The Morgan fingerprint density at radius 1 is 1.26 bits per heavy atom. The first-order valence-corrected chi connectivity index (χ1v) is 6.23. The second kappa shape index (κ2) is 5.99. The number of nitrogens with two attached hydrogens (primary N) is 1. The number of benzene rings is 1. The SMILES string of the molecule is CC(N)C(Oc1cccc(Cl)c1F)c1ccncc1.